The molecular formula is C13H12ClFN2O. The number of hydrazine groups is 1. The summed E-state index contributed by atoms with van der Waals surface area (Å²) in [6.45, 7) is 1.73. The van der Waals surface area contributed by atoms with Gasteiger partial charge in [0.05, 0.1) is 10.7 Å². The number of hydrogen-bond acceptors (Lipinski definition) is 3. The molecule has 5 heteroatoms. The van der Waals surface area contributed by atoms with Crippen LogP contribution in [0.15, 0.2) is 36.4 Å². The highest BCUT2D eigenvalue weighted by molar-refractivity contribution is 6.32. The van der Waals surface area contributed by atoms with Gasteiger partial charge in [0.15, 0.2) is 5.82 Å². The highest BCUT2D eigenvalue weighted by Crippen LogP contribution is 2.31. The second-order valence-corrected chi connectivity index (χ2v) is 4.18. The summed E-state index contributed by atoms with van der Waals surface area (Å²) in [6, 6.07) is 9.94. The average molecular weight is 267 g/mol. The van der Waals surface area contributed by atoms with E-state index in [0.717, 1.165) is 0 Å². The molecule has 0 bridgehead atoms. The molecule has 0 aliphatic carbocycles. The van der Waals surface area contributed by atoms with E-state index in [1.807, 2.05) is 0 Å². The summed E-state index contributed by atoms with van der Waals surface area (Å²) in [6.07, 6.45) is 0. The summed E-state index contributed by atoms with van der Waals surface area (Å²) < 4.78 is 19.2. The molecule has 2 aromatic rings. The number of nitrogens with one attached hydrogen (secondary N) is 1. The van der Waals surface area contributed by atoms with Gasteiger partial charge in [0.2, 0.25) is 0 Å². The number of aryl methyl sites for hydroxylation is 1. The van der Waals surface area contributed by atoms with Gasteiger partial charge in [-0.3, -0.25) is 5.84 Å². The second kappa shape index (κ2) is 5.25. The Morgan fingerprint density at radius 1 is 1.28 bits per heavy atom. The lowest BCUT2D eigenvalue weighted by molar-refractivity contribution is 0.477. The third-order valence-corrected chi connectivity index (χ3v) is 2.78. The predicted molar refractivity (Wildman–Crippen MR) is 70.5 cm³/mol. The molecule has 18 heavy (non-hydrogen) atoms. The van der Waals surface area contributed by atoms with Crippen molar-refractivity contribution in [1.29, 1.82) is 0 Å². The van der Waals surface area contributed by atoms with Gasteiger partial charge >= 0.3 is 0 Å². The van der Waals surface area contributed by atoms with E-state index in [4.69, 9.17) is 22.2 Å². The molecule has 94 valence electrons. The maximum Gasteiger partial charge on any atom is 0.151 e. The molecule has 0 aliphatic rings. The summed E-state index contributed by atoms with van der Waals surface area (Å²) in [7, 11) is 0. The number of para-hydroxylation sites is 1. The van der Waals surface area contributed by atoms with Crippen LogP contribution in [0.1, 0.15) is 5.56 Å². The molecule has 2 rings (SSSR count). The molecule has 0 amide bonds. The maximum atomic E-state index is 13.7. The van der Waals surface area contributed by atoms with Crippen molar-refractivity contribution in [3.8, 4) is 11.5 Å². The maximum absolute atomic E-state index is 13.7. The minimum absolute atomic E-state index is 0.251. The minimum atomic E-state index is -0.473. The molecule has 0 saturated carbocycles. The summed E-state index contributed by atoms with van der Waals surface area (Å²) in [4.78, 5) is 0. The smallest absolute Gasteiger partial charge is 0.151 e. The Kier molecular flexibility index (Phi) is 3.69. The molecule has 0 fully saturated rings. The fraction of sp³-hybridized carbons (Fsp3) is 0.0769. The Morgan fingerprint density at radius 2 is 2.00 bits per heavy atom. The Morgan fingerprint density at radius 3 is 2.61 bits per heavy atom. The largest absolute Gasteiger partial charge is 0.456 e. The first-order valence-corrected chi connectivity index (χ1v) is 5.68. The minimum Gasteiger partial charge on any atom is -0.456 e. The van der Waals surface area contributed by atoms with Crippen molar-refractivity contribution in [1.82, 2.24) is 0 Å². The van der Waals surface area contributed by atoms with Gasteiger partial charge in [-0.05, 0) is 30.7 Å². The molecule has 0 atom stereocenters. The van der Waals surface area contributed by atoms with Crippen LogP contribution in [0.25, 0.3) is 0 Å². The van der Waals surface area contributed by atoms with Crippen LogP contribution in [0.5, 0.6) is 11.5 Å². The number of rotatable bonds is 3. The van der Waals surface area contributed by atoms with E-state index in [2.05, 4.69) is 5.43 Å². The average Bonchev–Trinajstić information content (AvgIpc) is 2.32. The molecule has 0 aliphatic heterocycles. The van der Waals surface area contributed by atoms with Crippen LogP contribution in [0.4, 0.5) is 10.1 Å². The molecule has 0 aromatic heterocycles. The Balaban J connectivity index is 2.34. The molecule has 0 spiro atoms. The van der Waals surface area contributed by atoms with Crippen LogP contribution in [-0.4, -0.2) is 0 Å². The van der Waals surface area contributed by atoms with Gasteiger partial charge in [0.1, 0.15) is 11.5 Å². The van der Waals surface area contributed by atoms with Gasteiger partial charge in [-0.15, -0.1) is 0 Å². The second-order valence-electron chi connectivity index (χ2n) is 3.77. The number of hydrogen-bond donors (Lipinski definition) is 2. The molecule has 0 saturated heterocycles. The van der Waals surface area contributed by atoms with E-state index in [1.165, 1.54) is 6.07 Å². The summed E-state index contributed by atoms with van der Waals surface area (Å²) >= 11 is 5.96. The SMILES string of the molecule is Cc1cc(Oc2ccccc2Cl)cc(F)c1NN. The van der Waals surface area contributed by atoms with E-state index in [-0.39, 0.29) is 5.69 Å². The van der Waals surface area contributed by atoms with Gasteiger partial charge in [-0.1, -0.05) is 23.7 Å². The van der Waals surface area contributed by atoms with Crippen molar-refractivity contribution in [2.75, 3.05) is 5.43 Å². The van der Waals surface area contributed by atoms with Crippen LogP contribution in [0, 0.1) is 12.7 Å². The third-order valence-electron chi connectivity index (χ3n) is 2.47. The topological polar surface area (TPSA) is 47.3 Å². The standard InChI is InChI=1S/C13H12ClFN2O/c1-8-6-9(7-11(15)13(8)17-16)18-12-5-3-2-4-10(12)14/h2-7,17H,16H2,1H3. The quantitative estimate of drug-likeness (QED) is 0.655. The van der Waals surface area contributed by atoms with Crippen molar-refractivity contribution in [3.63, 3.8) is 0 Å². The first-order valence-electron chi connectivity index (χ1n) is 5.31. The molecule has 0 heterocycles. The van der Waals surface area contributed by atoms with Gasteiger partial charge in [-0.2, -0.15) is 0 Å². The van der Waals surface area contributed by atoms with Crippen molar-refractivity contribution in [2.24, 2.45) is 5.84 Å². The lowest BCUT2D eigenvalue weighted by atomic mass is 10.2. The zero-order valence-corrected chi connectivity index (χ0v) is 10.5. The van der Waals surface area contributed by atoms with E-state index in [0.29, 0.717) is 22.1 Å². The van der Waals surface area contributed by atoms with Crippen molar-refractivity contribution >= 4 is 17.3 Å². The van der Waals surface area contributed by atoms with E-state index in [1.54, 1.807) is 37.3 Å². The van der Waals surface area contributed by atoms with Gasteiger partial charge < -0.3 is 10.2 Å². The monoisotopic (exact) mass is 266 g/mol. The molecule has 0 radical (unpaired) electrons. The fourth-order valence-electron chi connectivity index (χ4n) is 1.61. The van der Waals surface area contributed by atoms with Crippen molar-refractivity contribution in [3.05, 3.63) is 52.8 Å². The van der Waals surface area contributed by atoms with Crippen LogP contribution in [0.3, 0.4) is 0 Å². The highest BCUT2D eigenvalue weighted by Gasteiger charge is 2.09. The Labute approximate surface area is 109 Å². The summed E-state index contributed by atoms with van der Waals surface area (Å²) in [5, 5.41) is 0.469. The number of benzene rings is 2. The fourth-order valence-corrected chi connectivity index (χ4v) is 1.78. The number of anilines is 1. The third kappa shape index (κ3) is 2.55. The number of nitrogen functional groups attached to an aromatic ring is 1. The first kappa shape index (κ1) is 12.7. The number of nitrogens with two attached hydrogens (primary N) is 1. The van der Waals surface area contributed by atoms with E-state index < -0.39 is 5.82 Å². The Bertz CT molecular complexity index is 552. The van der Waals surface area contributed by atoms with Crippen LogP contribution in [-0.2, 0) is 0 Å². The van der Waals surface area contributed by atoms with Gasteiger partial charge in [0.25, 0.3) is 0 Å². The molecular weight excluding hydrogens is 255 g/mol. The highest BCUT2D eigenvalue weighted by atomic mass is 35.5. The normalized spacial score (nSPS) is 10.2. The molecule has 3 N–H and O–H groups in total. The molecule has 0 unspecified atom stereocenters. The molecule has 2 aromatic carbocycles. The Hall–Kier alpha value is -1.78. The predicted octanol–water partition coefficient (Wildman–Crippen LogP) is 3.87. The number of ether oxygens (including phenoxy) is 1. The van der Waals surface area contributed by atoms with E-state index in [9.17, 15) is 4.39 Å². The number of halogens is 2. The van der Waals surface area contributed by atoms with Crippen molar-refractivity contribution < 1.29 is 9.13 Å². The summed E-state index contributed by atoms with van der Waals surface area (Å²) in [5.74, 6) is 5.60. The first-order chi connectivity index (χ1) is 8.61. The molecule has 3 nitrogen and oxygen atoms in total. The zero-order chi connectivity index (χ0) is 13.1. The van der Waals surface area contributed by atoms with Crippen LogP contribution < -0.4 is 16.0 Å². The van der Waals surface area contributed by atoms with Crippen molar-refractivity contribution in [2.45, 2.75) is 6.92 Å². The lowest BCUT2D eigenvalue weighted by Crippen LogP contribution is -2.10. The lowest BCUT2D eigenvalue weighted by Gasteiger charge is -2.11. The van der Waals surface area contributed by atoms with Gasteiger partial charge in [0, 0.05) is 6.07 Å². The van der Waals surface area contributed by atoms with E-state index >= 15 is 0 Å². The summed E-state index contributed by atoms with van der Waals surface area (Å²) in [5.41, 5.74) is 3.21. The van der Waals surface area contributed by atoms with Crippen LogP contribution >= 0.6 is 11.6 Å². The van der Waals surface area contributed by atoms with Crippen LogP contribution in [0.2, 0.25) is 5.02 Å². The van der Waals surface area contributed by atoms with Gasteiger partial charge in [-0.25, -0.2) is 4.39 Å². The zero-order valence-electron chi connectivity index (χ0n) is 9.71.